The topological polar surface area (TPSA) is 40.5 Å². The molecule has 2 N–H and O–H groups in total. The van der Waals surface area contributed by atoms with Crippen LogP contribution in [0.15, 0.2) is 12.1 Å². The summed E-state index contributed by atoms with van der Waals surface area (Å²) in [6, 6.07) is 4.13. The van der Waals surface area contributed by atoms with E-state index in [-0.39, 0.29) is 13.2 Å². The van der Waals surface area contributed by atoms with Crippen LogP contribution in [0, 0.1) is 11.8 Å². The van der Waals surface area contributed by atoms with Crippen LogP contribution < -0.4 is 0 Å². The van der Waals surface area contributed by atoms with Crippen molar-refractivity contribution in [3.05, 3.63) is 21.9 Å². The zero-order valence-corrected chi connectivity index (χ0v) is 11.6. The van der Waals surface area contributed by atoms with Crippen LogP contribution in [0.2, 0.25) is 0 Å². The van der Waals surface area contributed by atoms with Gasteiger partial charge < -0.3 is 10.2 Å². The summed E-state index contributed by atoms with van der Waals surface area (Å²) in [5.41, 5.74) is 0. The lowest BCUT2D eigenvalue weighted by Gasteiger charge is -2.07. The summed E-state index contributed by atoms with van der Waals surface area (Å²) in [6.45, 7) is 2.52. The molecule has 0 aliphatic carbocycles. The first-order valence-corrected chi connectivity index (χ1v) is 7.53. The first kappa shape index (κ1) is 14.6. The number of aliphatic hydroxyl groups is 2. The van der Waals surface area contributed by atoms with E-state index in [2.05, 4.69) is 24.8 Å². The van der Waals surface area contributed by atoms with Crippen LogP contribution in [0.3, 0.4) is 0 Å². The molecule has 0 aliphatic rings. The molecule has 1 heterocycles. The molecule has 0 radical (unpaired) electrons. The zero-order valence-electron chi connectivity index (χ0n) is 9.98. The van der Waals surface area contributed by atoms with Crippen molar-refractivity contribution in [1.82, 2.24) is 0 Å². The Labute approximate surface area is 111 Å². The first-order chi connectivity index (χ1) is 8.26. The predicted molar refractivity (Wildman–Crippen MR) is 75.4 cm³/mol. The standard InChI is InChI=1S/C13H18O2S2/c1-11(7-9-15)16-10-13-6-5-12(17-13)4-2-3-8-14/h5-6,11,14-15H,3,7-10H2,1H3. The summed E-state index contributed by atoms with van der Waals surface area (Å²) in [6.07, 6.45) is 1.38. The van der Waals surface area contributed by atoms with Gasteiger partial charge in [-0.25, -0.2) is 0 Å². The summed E-state index contributed by atoms with van der Waals surface area (Å²) in [7, 11) is 0. The van der Waals surface area contributed by atoms with Crippen LogP contribution in [0.4, 0.5) is 0 Å². The number of thiophene rings is 1. The van der Waals surface area contributed by atoms with Gasteiger partial charge in [0.05, 0.1) is 11.5 Å². The molecule has 0 aliphatic heterocycles. The molecule has 0 saturated heterocycles. The second-order valence-electron chi connectivity index (χ2n) is 3.68. The Bertz CT molecular complexity index is 376. The molecule has 0 bridgehead atoms. The molecular formula is C13H18O2S2. The smallest absolute Gasteiger partial charge is 0.0771 e. The maximum Gasteiger partial charge on any atom is 0.0771 e. The van der Waals surface area contributed by atoms with Gasteiger partial charge in [0.15, 0.2) is 0 Å². The minimum Gasteiger partial charge on any atom is -0.396 e. The largest absolute Gasteiger partial charge is 0.396 e. The summed E-state index contributed by atoms with van der Waals surface area (Å²) in [5, 5.41) is 17.9. The van der Waals surface area contributed by atoms with Gasteiger partial charge in [0.1, 0.15) is 0 Å². The van der Waals surface area contributed by atoms with Gasteiger partial charge in [0.25, 0.3) is 0 Å². The van der Waals surface area contributed by atoms with Gasteiger partial charge in [-0.1, -0.05) is 18.8 Å². The first-order valence-electron chi connectivity index (χ1n) is 5.67. The molecule has 94 valence electrons. The Morgan fingerprint density at radius 3 is 2.88 bits per heavy atom. The second-order valence-corrected chi connectivity index (χ2v) is 6.27. The molecule has 0 saturated carbocycles. The van der Waals surface area contributed by atoms with Gasteiger partial charge in [-0.15, -0.1) is 11.3 Å². The van der Waals surface area contributed by atoms with Crippen LogP contribution >= 0.6 is 23.1 Å². The lowest BCUT2D eigenvalue weighted by Crippen LogP contribution is -1.99. The van der Waals surface area contributed by atoms with Crippen molar-refractivity contribution in [2.24, 2.45) is 0 Å². The number of hydrogen-bond donors (Lipinski definition) is 2. The van der Waals surface area contributed by atoms with Gasteiger partial charge in [0, 0.05) is 28.9 Å². The van der Waals surface area contributed by atoms with Gasteiger partial charge in [0.2, 0.25) is 0 Å². The summed E-state index contributed by atoms with van der Waals surface area (Å²) in [5.74, 6) is 6.94. The van der Waals surface area contributed by atoms with Crippen LogP contribution in [0.25, 0.3) is 0 Å². The van der Waals surface area contributed by atoms with E-state index in [1.165, 1.54) is 4.88 Å². The van der Waals surface area contributed by atoms with Gasteiger partial charge >= 0.3 is 0 Å². The normalized spacial score (nSPS) is 11.9. The van der Waals surface area contributed by atoms with Crippen molar-refractivity contribution in [2.75, 3.05) is 13.2 Å². The Morgan fingerprint density at radius 2 is 2.18 bits per heavy atom. The zero-order chi connectivity index (χ0) is 12.5. The highest BCUT2D eigenvalue weighted by molar-refractivity contribution is 7.99. The van der Waals surface area contributed by atoms with Crippen molar-refractivity contribution in [1.29, 1.82) is 0 Å². The van der Waals surface area contributed by atoms with Crippen LogP contribution in [0.1, 0.15) is 29.5 Å². The number of thioether (sulfide) groups is 1. The molecular weight excluding hydrogens is 252 g/mol. The quantitative estimate of drug-likeness (QED) is 0.780. The van der Waals surface area contributed by atoms with Crippen molar-refractivity contribution >= 4 is 23.1 Å². The maximum atomic E-state index is 8.81. The molecule has 0 spiro atoms. The van der Waals surface area contributed by atoms with Crippen LogP contribution in [0.5, 0.6) is 0 Å². The van der Waals surface area contributed by atoms with E-state index in [4.69, 9.17) is 10.2 Å². The lowest BCUT2D eigenvalue weighted by atomic mass is 10.3. The van der Waals surface area contributed by atoms with E-state index in [1.807, 2.05) is 17.8 Å². The summed E-state index contributed by atoms with van der Waals surface area (Å²) >= 11 is 3.56. The fourth-order valence-corrected chi connectivity index (χ4v) is 3.15. The SMILES string of the molecule is CC(CCO)SCc1ccc(C#CCCO)s1. The molecule has 2 nitrogen and oxygen atoms in total. The molecule has 0 fully saturated rings. The number of aliphatic hydroxyl groups excluding tert-OH is 2. The number of rotatable bonds is 6. The van der Waals surface area contributed by atoms with Gasteiger partial charge in [-0.05, 0) is 18.6 Å². The number of hydrogen-bond acceptors (Lipinski definition) is 4. The minimum atomic E-state index is 0.125. The summed E-state index contributed by atoms with van der Waals surface area (Å²) < 4.78 is 0. The van der Waals surface area contributed by atoms with E-state index in [9.17, 15) is 0 Å². The monoisotopic (exact) mass is 270 g/mol. The Kier molecular flexibility index (Phi) is 7.38. The molecule has 1 rings (SSSR count). The minimum absolute atomic E-state index is 0.125. The van der Waals surface area contributed by atoms with Crippen molar-refractivity contribution < 1.29 is 10.2 Å². The average molecular weight is 270 g/mol. The Balaban J connectivity index is 2.38. The Hall–Kier alpha value is -0.470. The van der Waals surface area contributed by atoms with Crippen LogP contribution in [-0.4, -0.2) is 28.7 Å². The lowest BCUT2D eigenvalue weighted by molar-refractivity contribution is 0.289. The highest BCUT2D eigenvalue weighted by Gasteiger charge is 2.04. The predicted octanol–water partition coefficient (Wildman–Crippen LogP) is 2.49. The average Bonchev–Trinajstić information content (AvgIpc) is 2.75. The van der Waals surface area contributed by atoms with Crippen LogP contribution in [-0.2, 0) is 5.75 Å². The molecule has 1 aromatic rings. The Morgan fingerprint density at radius 1 is 1.35 bits per heavy atom. The van der Waals surface area contributed by atoms with Crippen molar-refractivity contribution in [2.45, 2.75) is 30.8 Å². The van der Waals surface area contributed by atoms with E-state index in [0.717, 1.165) is 17.1 Å². The molecule has 1 atom stereocenters. The van der Waals surface area contributed by atoms with Gasteiger partial charge in [-0.2, -0.15) is 11.8 Å². The molecule has 0 aromatic carbocycles. The maximum absolute atomic E-state index is 8.81. The third kappa shape index (κ3) is 6.13. The molecule has 0 amide bonds. The molecule has 1 aromatic heterocycles. The molecule has 1 unspecified atom stereocenters. The fourth-order valence-electron chi connectivity index (χ4n) is 1.22. The van der Waals surface area contributed by atoms with E-state index in [0.29, 0.717) is 11.7 Å². The van der Waals surface area contributed by atoms with E-state index >= 15 is 0 Å². The van der Waals surface area contributed by atoms with Crippen molar-refractivity contribution in [3.8, 4) is 11.8 Å². The molecule has 4 heteroatoms. The molecule has 17 heavy (non-hydrogen) atoms. The van der Waals surface area contributed by atoms with E-state index < -0.39 is 0 Å². The highest BCUT2D eigenvalue weighted by Crippen LogP contribution is 2.24. The second kappa shape index (κ2) is 8.60. The summed E-state index contributed by atoms with van der Waals surface area (Å²) in [4.78, 5) is 2.37. The third-order valence-electron chi connectivity index (χ3n) is 2.16. The van der Waals surface area contributed by atoms with Crippen molar-refractivity contribution in [3.63, 3.8) is 0 Å². The highest BCUT2D eigenvalue weighted by atomic mass is 32.2. The third-order valence-corrected chi connectivity index (χ3v) is 4.62. The fraction of sp³-hybridized carbons (Fsp3) is 0.538. The van der Waals surface area contributed by atoms with E-state index in [1.54, 1.807) is 11.3 Å². The van der Waals surface area contributed by atoms with Gasteiger partial charge in [-0.3, -0.25) is 0 Å².